The van der Waals surface area contributed by atoms with Gasteiger partial charge in [0.15, 0.2) is 5.11 Å². The SMILES string of the molecule is CCOCCCNC(=S)N(CC)CCCN(C)C. The first-order valence-corrected chi connectivity index (χ1v) is 7.27. The fourth-order valence-corrected chi connectivity index (χ4v) is 1.93. The lowest BCUT2D eigenvalue weighted by atomic mass is 10.3. The molecule has 0 aliphatic heterocycles. The summed E-state index contributed by atoms with van der Waals surface area (Å²) in [6, 6.07) is 0. The van der Waals surface area contributed by atoms with Crippen molar-refractivity contribution in [2.45, 2.75) is 26.7 Å². The van der Waals surface area contributed by atoms with Crippen LogP contribution >= 0.6 is 12.2 Å². The summed E-state index contributed by atoms with van der Waals surface area (Å²) in [5.41, 5.74) is 0. The summed E-state index contributed by atoms with van der Waals surface area (Å²) in [5.74, 6) is 0. The van der Waals surface area contributed by atoms with Crippen molar-refractivity contribution in [3.05, 3.63) is 0 Å². The van der Waals surface area contributed by atoms with Gasteiger partial charge < -0.3 is 19.9 Å². The fraction of sp³-hybridized carbons (Fsp3) is 0.923. The molecule has 1 N–H and O–H groups in total. The maximum Gasteiger partial charge on any atom is 0.168 e. The Kier molecular flexibility index (Phi) is 11.4. The number of ether oxygens (including phenoxy) is 1. The van der Waals surface area contributed by atoms with E-state index in [4.69, 9.17) is 17.0 Å². The molecule has 0 aromatic carbocycles. The largest absolute Gasteiger partial charge is 0.382 e. The van der Waals surface area contributed by atoms with E-state index in [9.17, 15) is 0 Å². The van der Waals surface area contributed by atoms with Crippen LogP contribution in [-0.4, -0.2) is 68.4 Å². The van der Waals surface area contributed by atoms with Crippen LogP contribution in [0.4, 0.5) is 0 Å². The van der Waals surface area contributed by atoms with Crippen molar-refractivity contribution >= 4 is 17.3 Å². The van der Waals surface area contributed by atoms with E-state index in [1.807, 2.05) is 6.92 Å². The standard InChI is InChI=1S/C13H29N3OS/c1-5-16(11-8-10-15(3)4)13(18)14-9-7-12-17-6-2/h5-12H2,1-4H3,(H,14,18). The van der Waals surface area contributed by atoms with Gasteiger partial charge in [-0.15, -0.1) is 0 Å². The van der Waals surface area contributed by atoms with E-state index in [2.05, 4.69) is 36.1 Å². The predicted octanol–water partition coefficient (Wildman–Crippen LogP) is 1.56. The number of nitrogens with one attached hydrogen (secondary N) is 1. The highest BCUT2D eigenvalue weighted by Crippen LogP contribution is 1.94. The normalized spacial score (nSPS) is 10.7. The summed E-state index contributed by atoms with van der Waals surface area (Å²) in [5, 5.41) is 4.16. The molecule has 18 heavy (non-hydrogen) atoms. The number of rotatable bonds is 10. The number of nitrogens with zero attached hydrogens (tertiary/aromatic N) is 2. The molecular weight excluding hydrogens is 246 g/mol. The Bertz CT molecular complexity index is 212. The number of hydrogen-bond acceptors (Lipinski definition) is 3. The Morgan fingerprint density at radius 1 is 1.17 bits per heavy atom. The molecule has 0 rings (SSSR count). The van der Waals surface area contributed by atoms with Crippen molar-refractivity contribution in [1.29, 1.82) is 0 Å². The number of hydrogen-bond donors (Lipinski definition) is 1. The van der Waals surface area contributed by atoms with Crippen LogP contribution in [0.5, 0.6) is 0 Å². The van der Waals surface area contributed by atoms with Gasteiger partial charge in [-0.05, 0) is 59.5 Å². The molecule has 0 spiro atoms. The first kappa shape index (κ1) is 17.6. The van der Waals surface area contributed by atoms with Crippen LogP contribution in [0.3, 0.4) is 0 Å². The second kappa shape index (κ2) is 11.7. The van der Waals surface area contributed by atoms with Crippen LogP contribution in [0.25, 0.3) is 0 Å². The molecular formula is C13H29N3OS. The summed E-state index contributed by atoms with van der Waals surface area (Å²) in [7, 11) is 4.20. The first-order chi connectivity index (χ1) is 8.61. The molecule has 0 bridgehead atoms. The van der Waals surface area contributed by atoms with E-state index >= 15 is 0 Å². The van der Waals surface area contributed by atoms with Crippen molar-refractivity contribution in [2.24, 2.45) is 0 Å². The van der Waals surface area contributed by atoms with Gasteiger partial charge in [-0.25, -0.2) is 0 Å². The second-order valence-electron chi connectivity index (χ2n) is 4.52. The zero-order valence-electron chi connectivity index (χ0n) is 12.4. The van der Waals surface area contributed by atoms with E-state index in [0.717, 1.165) is 57.3 Å². The molecule has 0 fully saturated rings. The molecule has 5 heteroatoms. The lowest BCUT2D eigenvalue weighted by molar-refractivity contribution is 0.145. The van der Waals surface area contributed by atoms with Crippen LogP contribution in [-0.2, 0) is 4.74 Å². The van der Waals surface area contributed by atoms with Crippen LogP contribution in [0, 0.1) is 0 Å². The van der Waals surface area contributed by atoms with E-state index in [1.54, 1.807) is 0 Å². The van der Waals surface area contributed by atoms with Gasteiger partial charge >= 0.3 is 0 Å². The average molecular weight is 275 g/mol. The average Bonchev–Trinajstić information content (AvgIpc) is 2.33. The monoisotopic (exact) mass is 275 g/mol. The maximum absolute atomic E-state index is 5.39. The lowest BCUT2D eigenvalue weighted by Crippen LogP contribution is -2.41. The summed E-state index contributed by atoms with van der Waals surface area (Å²) >= 11 is 5.39. The van der Waals surface area contributed by atoms with Gasteiger partial charge in [0.2, 0.25) is 0 Å². The molecule has 0 saturated heterocycles. The minimum atomic E-state index is 0.788. The van der Waals surface area contributed by atoms with Gasteiger partial charge in [0.05, 0.1) is 0 Å². The zero-order chi connectivity index (χ0) is 13.8. The third kappa shape index (κ3) is 9.62. The predicted molar refractivity (Wildman–Crippen MR) is 82.1 cm³/mol. The van der Waals surface area contributed by atoms with Crippen molar-refractivity contribution < 1.29 is 4.74 Å². The third-order valence-corrected chi connectivity index (χ3v) is 3.05. The van der Waals surface area contributed by atoms with Crippen molar-refractivity contribution in [3.63, 3.8) is 0 Å². The molecule has 0 aromatic rings. The molecule has 0 aliphatic rings. The van der Waals surface area contributed by atoms with Crippen LogP contribution in [0.1, 0.15) is 26.7 Å². The molecule has 0 aromatic heterocycles. The maximum atomic E-state index is 5.39. The van der Waals surface area contributed by atoms with Crippen molar-refractivity contribution in [2.75, 3.05) is 53.5 Å². The van der Waals surface area contributed by atoms with Gasteiger partial charge in [-0.2, -0.15) is 0 Å². The van der Waals surface area contributed by atoms with Crippen LogP contribution in [0.15, 0.2) is 0 Å². The molecule has 0 heterocycles. The minimum Gasteiger partial charge on any atom is -0.382 e. The van der Waals surface area contributed by atoms with Crippen LogP contribution in [0.2, 0.25) is 0 Å². The van der Waals surface area contributed by atoms with E-state index < -0.39 is 0 Å². The topological polar surface area (TPSA) is 27.7 Å². The molecule has 4 nitrogen and oxygen atoms in total. The smallest absolute Gasteiger partial charge is 0.168 e. The zero-order valence-corrected chi connectivity index (χ0v) is 13.2. The van der Waals surface area contributed by atoms with Gasteiger partial charge in [0.25, 0.3) is 0 Å². The summed E-state index contributed by atoms with van der Waals surface area (Å²) in [6.45, 7) is 9.73. The van der Waals surface area contributed by atoms with E-state index in [1.165, 1.54) is 0 Å². The Morgan fingerprint density at radius 3 is 2.44 bits per heavy atom. The molecule has 108 valence electrons. The molecule has 0 radical (unpaired) electrons. The summed E-state index contributed by atoms with van der Waals surface area (Å²) < 4.78 is 5.29. The summed E-state index contributed by atoms with van der Waals surface area (Å²) in [4.78, 5) is 4.42. The highest BCUT2D eigenvalue weighted by atomic mass is 32.1. The quantitative estimate of drug-likeness (QED) is 0.482. The fourth-order valence-electron chi connectivity index (χ4n) is 1.61. The molecule has 0 saturated carbocycles. The molecule has 0 aliphatic carbocycles. The summed E-state index contributed by atoms with van der Waals surface area (Å²) in [6.07, 6.45) is 2.14. The van der Waals surface area contributed by atoms with Crippen molar-refractivity contribution in [1.82, 2.24) is 15.1 Å². The van der Waals surface area contributed by atoms with Crippen molar-refractivity contribution in [3.8, 4) is 0 Å². The van der Waals surface area contributed by atoms with Gasteiger partial charge in [-0.1, -0.05) is 0 Å². The van der Waals surface area contributed by atoms with E-state index in [0.29, 0.717) is 0 Å². The first-order valence-electron chi connectivity index (χ1n) is 6.87. The third-order valence-electron chi connectivity index (χ3n) is 2.65. The van der Waals surface area contributed by atoms with E-state index in [-0.39, 0.29) is 0 Å². The Balaban J connectivity index is 3.68. The second-order valence-corrected chi connectivity index (χ2v) is 4.91. The molecule has 0 unspecified atom stereocenters. The molecule has 0 atom stereocenters. The highest BCUT2D eigenvalue weighted by Gasteiger charge is 2.06. The highest BCUT2D eigenvalue weighted by molar-refractivity contribution is 7.80. The Morgan fingerprint density at radius 2 is 1.89 bits per heavy atom. The lowest BCUT2D eigenvalue weighted by Gasteiger charge is -2.25. The Labute approximate surface area is 118 Å². The van der Waals surface area contributed by atoms with Gasteiger partial charge in [0, 0.05) is 32.8 Å². The number of thiocarbonyl (C=S) groups is 1. The van der Waals surface area contributed by atoms with Crippen LogP contribution < -0.4 is 5.32 Å². The minimum absolute atomic E-state index is 0.788. The Hall–Kier alpha value is -0.390. The van der Waals surface area contributed by atoms with Gasteiger partial charge in [-0.3, -0.25) is 0 Å². The molecule has 0 amide bonds. The van der Waals surface area contributed by atoms with Gasteiger partial charge in [0.1, 0.15) is 0 Å².